The molecule has 0 unspecified atom stereocenters. The minimum Gasteiger partial charge on any atom is -0.380 e. The van der Waals surface area contributed by atoms with Crippen molar-refractivity contribution in [2.75, 3.05) is 5.32 Å². The standard InChI is InChI=1S/C21H16F6N4OS/c1-11-17(33-10-30-11)19(32)31-18(28)15-7-6-14(21(25,26)27)8-16(15)29-9-12-2-4-13(5-3-12)20(22,23)24/h2-8,10,29H,9H2,1H3,(H2,28,31,32). The van der Waals surface area contributed by atoms with Crippen LogP contribution in [0.1, 0.15) is 37.6 Å². The molecule has 12 heteroatoms. The maximum atomic E-state index is 13.2. The van der Waals surface area contributed by atoms with Crippen molar-refractivity contribution in [2.45, 2.75) is 25.8 Å². The first-order chi connectivity index (χ1) is 15.4. The summed E-state index contributed by atoms with van der Waals surface area (Å²) in [4.78, 5) is 16.6. The molecule has 0 aliphatic rings. The number of amidine groups is 1. The maximum absolute atomic E-state index is 13.2. The summed E-state index contributed by atoms with van der Waals surface area (Å²) in [5.41, 5.74) is 0.290. The Bertz CT molecular complexity index is 1170. The molecule has 2 aromatic carbocycles. The van der Waals surface area contributed by atoms with Gasteiger partial charge in [-0.1, -0.05) is 12.1 Å². The van der Waals surface area contributed by atoms with Gasteiger partial charge in [-0.05, 0) is 42.8 Å². The quantitative estimate of drug-likeness (QED) is 0.240. The molecule has 0 bridgehead atoms. The highest BCUT2D eigenvalue weighted by molar-refractivity contribution is 7.11. The van der Waals surface area contributed by atoms with Gasteiger partial charge in [0.05, 0.1) is 22.3 Å². The van der Waals surface area contributed by atoms with E-state index in [1.165, 1.54) is 17.6 Å². The highest BCUT2D eigenvalue weighted by atomic mass is 32.1. The van der Waals surface area contributed by atoms with Crippen molar-refractivity contribution in [3.63, 3.8) is 0 Å². The summed E-state index contributed by atoms with van der Waals surface area (Å²) in [7, 11) is 0. The Hall–Kier alpha value is -3.41. The van der Waals surface area contributed by atoms with Gasteiger partial charge in [-0.15, -0.1) is 11.3 Å². The number of thiazole rings is 1. The van der Waals surface area contributed by atoms with Gasteiger partial charge >= 0.3 is 12.4 Å². The smallest absolute Gasteiger partial charge is 0.380 e. The van der Waals surface area contributed by atoms with E-state index in [0.29, 0.717) is 11.3 Å². The lowest BCUT2D eigenvalue weighted by molar-refractivity contribution is -0.138. The second-order valence-electron chi connectivity index (χ2n) is 6.90. The summed E-state index contributed by atoms with van der Waals surface area (Å²) in [6.45, 7) is 1.49. The SMILES string of the molecule is Cc1ncsc1C(=O)NC(=N)c1ccc(C(F)(F)F)cc1NCc1ccc(C(F)(F)F)cc1. The molecule has 1 aromatic heterocycles. The summed E-state index contributed by atoms with van der Waals surface area (Å²) in [6, 6.07) is 6.72. The van der Waals surface area contributed by atoms with E-state index in [4.69, 9.17) is 5.41 Å². The molecule has 3 aromatic rings. The lowest BCUT2D eigenvalue weighted by Crippen LogP contribution is -2.31. The highest BCUT2D eigenvalue weighted by Gasteiger charge is 2.32. The Morgan fingerprint density at radius 3 is 2.15 bits per heavy atom. The second kappa shape index (κ2) is 9.22. The third kappa shape index (κ3) is 5.89. The number of rotatable bonds is 5. The number of hydrogen-bond donors (Lipinski definition) is 3. The van der Waals surface area contributed by atoms with Crippen LogP contribution in [-0.4, -0.2) is 16.7 Å². The number of nitrogens with one attached hydrogen (secondary N) is 3. The third-order valence-electron chi connectivity index (χ3n) is 4.57. The molecule has 33 heavy (non-hydrogen) atoms. The number of anilines is 1. The van der Waals surface area contributed by atoms with Gasteiger partial charge in [-0.25, -0.2) is 4.98 Å². The molecule has 0 saturated carbocycles. The van der Waals surface area contributed by atoms with Gasteiger partial charge in [0.1, 0.15) is 10.7 Å². The molecule has 174 valence electrons. The Labute approximate surface area is 188 Å². The molecular formula is C21H16F6N4OS. The molecule has 0 radical (unpaired) electrons. The normalized spacial score (nSPS) is 11.8. The van der Waals surface area contributed by atoms with Crippen LogP contribution in [0.5, 0.6) is 0 Å². The van der Waals surface area contributed by atoms with Gasteiger partial charge < -0.3 is 10.6 Å². The van der Waals surface area contributed by atoms with Crippen molar-refractivity contribution in [1.29, 1.82) is 5.41 Å². The molecule has 3 N–H and O–H groups in total. The fourth-order valence-corrected chi connectivity index (χ4v) is 3.55. The molecule has 0 spiro atoms. The third-order valence-corrected chi connectivity index (χ3v) is 5.50. The maximum Gasteiger partial charge on any atom is 0.416 e. The number of hydrogen-bond acceptors (Lipinski definition) is 5. The molecule has 5 nitrogen and oxygen atoms in total. The first kappa shape index (κ1) is 24.2. The van der Waals surface area contributed by atoms with E-state index in [1.54, 1.807) is 6.92 Å². The van der Waals surface area contributed by atoms with Crippen molar-refractivity contribution < 1.29 is 31.1 Å². The number of amides is 1. The average molecular weight is 486 g/mol. The summed E-state index contributed by atoms with van der Waals surface area (Å²) in [6.07, 6.45) is -9.17. The van der Waals surface area contributed by atoms with Crippen LogP contribution in [0.4, 0.5) is 32.0 Å². The zero-order chi connectivity index (χ0) is 24.4. The zero-order valence-electron chi connectivity index (χ0n) is 16.9. The van der Waals surface area contributed by atoms with Crippen LogP contribution in [0.3, 0.4) is 0 Å². The first-order valence-corrected chi connectivity index (χ1v) is 10.2. The topological polar surface area (TPSA) is 77.9 Å². The zero-order valence-corrected chi connectivity index (χ0v) is 17.7. The van der Waals surface area contributed by atoms with Crippen LogP contribution in [0, 0.1) is 12.3 Å². The summed E-state index contributed by atoms with van der Waals surface area (Å²) in [5, 5.41) is 13.2. The van der Waals surface area contributed by atoms with Gasteiger partial charge in [0.15, 0.2) is 0 Å². The van der Waals surface area contributed by atoms with E-state index >= 15 is 0 Å². The summed E-state index contributed by atoms with van der Waals surface area (Å²) < 4.78 is 77.7. The van der Waals surface area contributed by atoms with Crippen LogP contribution < -0.4 is 10.6 Å². The largest absolute Gasteiger partial charge is 0.416 e. The number of alkyl halides is 6. The fraction of sp³-hybridized carbons (Fsp3) is 0.190. The number of nitrogens with zero attached hydrogens (tertiary/aromatic N) is 1. The number of carbonyl (C=O) groups excluding carboxylic acids is 1. The van der Waals surface area contributed by atoms with Crippen molar-refractivity contribution in [3.05, 3.63) is 80.8 Å². The number of aromatic nitrogens is 1. The van der Waals surface area contributed by atoms with E-state index in [9.17, 15) is 31.1 Å². The van der Waals surface area contributed by atoms with Crippen LogP contribution in [0.25, 0.3) is 0 Å². The van der Waals surface area contributed by atoms with Crippen LogP contribution in [0.2, 0.25) is 0 Å². The second-order valence-corrected chi connectivity index (χ2v) is 7.76. The van der Waals surface area contributed by atoms with E-state index in [-0.39, 0.29) is 22.7 Å². The van der Waals surface area contributed by atoms with Gasteiger partial charge in [-0.3, -0.25) is 10.2 Å². The van der Waals surface area contributed by atoms with Gasteiger partial charge in [0.2, 0.25) is 0 Å². The van der Waals surface area contributed by atoms with E-state index in [0.717, 1.165) is 41.7 Å². The molecule has 0 atom stereocenters. The first-order valence-electron chi connectivity index (χ1n) is 9.28. The fourth-order valence-electron chi connectivity index (χ4n) is 2.85. The number of halogens is 6. The minimum absolute atomic E-state index is 0.0227. The van der Waals surface area contributed by atoms with Crippen molar-refractivity contribution >= 4 is 28.8 Å². The van der Waals surface area contributed by atoms with Gasteiger partial charge in [-0.2, -0.15) is 26.3 Å². The van der Waals surface area contributed by atoms with Crippen LogP contribution >= 0.6 is 11.3 Å². The van der Waals surface area contributed by atoms with Crippen molar-refractivity contribution in [3.8, 4) is 0 Å². The predicted octanol–water partition coefficient (Wildman–Crippen LogP) is 5.86. The molecular weight excluding hydrogens is 470 g/mol. The molecule has 0 aliphatic heterocycles. The Morgan fingerprint density at radius 1 is 1.00 bits per heavy atom. The highest BCUT2D eigenvalue weighted by Crippen LogP contribution is 2.33. The Balaban J connectivity index is 1.84. The van der Waals surface area contributed by atoms with Gasteiger partial charge in [0, 0.05) is 17.8 Å². The monoisotopic (exact) mass is 486 g/mol. The number of aryl methyl sites for hydroxylation is 1. The average Bonchev–Trinajstić information content (AvgIpc) is 3.17. The lowest BCUT2D eigenvalue weighted by atomic mass is 10.1. The molecule has 3 rings (SSSR count). The van der Waals surface area contributed by atoms with Crippen LogP contribution in [0.15, 0.2) is 48.0 Å². The minimum atomic E-state index is -4.66. The molecule has 0 saturated heterocycles. The summed E-state index contributed by atoms with van der Waals surface area (Å²) in [5.74, 6) is -1.08. The molecule has 1 heterocycles. The lowest BCUT2D eigenvalue weighted by Gasteiger charge is -2.17. The molecule has 1 amide bonds. The Morgan fingerprint density at radius 2 is 1.61 bits per heavy atom. The molecule has 0 aliphatic carbocycles. The van der Waals surface area contributed by atoms with E-state index in [1.807, 2.05) is 0 Å². The number of benzene rings is 2. The van der Waals surface area contributed by atoms with Crippen LogP contribution in [-0.2, 0) is 18.9 Å². The summed E-state index contributed by atoms with van der Waals surface area (Å²) >= 11 is 1.05. The van der Waals surface area contributed by atoms with E-state index < -0.39 is 35.2 Å². The number of carbonyl (C=O) groups is 1. The van der Waals surface area contributed by atoms with E-state index in [2.05, 4.69) is 15.6 Å². The molecule has 0 fully saturated rings. The van der Waals surface area contributed by atoms with Gasteiger partial charge in [0.25, 0.3) is 5.91 Å². The van der Waals surface area contributed by atoms with Crippen molar-refractivity contribution in [2.24, 2.45) is 0 Å². The Kier molecular flexibility index (Phi) is 6.77. The van der Waals surface area contributed by atoms with Crippen molar-refractivity contribution in [1.82, 2.24) is 10.3 Å². The predicted molar refractivity (Wildman–Crippen MR) is 111 cm³/mol.